The fourth-order valence-electron chi connectivity index (χ4n) is 3.75. The van der Waals surface area contributed by atoms with Crippen LogP contribution in [0.3, 0.4) is 0 Å². The van der Waals surface area contributed by atoms with Crippen LogP contribution in [0.4, 0.5) is 0 Å². The second-order valence-corrected chi connectivity index (χ2v) is 8.63. The number of benzene rings is 1. The monoisotopic (exact) mass is 359 g/mol. The number of sulfonamides is 1. The fourth-order valence-corrected chi connectivity index (χ4v) is 5.79. The number of fused-ring (bicyclic) bond motifs is 1. The number of ether oxygens (including phenoxy) is 2. The number of hydrogen-bond acceptors (Lipinski definition) is 4. The molecule has 128 valence electrons. The normalized spacial score (nSPS) is 29.2. The molecule has 0 radical (unpaired) electrons. The molecule has 3 rings (SSSR count). The SMILES string of the molecule is COC[C@]12CCCO[C@H]1CCN(S(=O)(=O)c1ccccc1Cl)C2. The Morgan fingerprint density at radius 3 is 2.96 bits per heavy atom. The van der Waals surface area contributed by atoms with Crippen LogP contribution in [-0.2, 0) is 19.5 Å². The van der Waals surface area contributed by atoms with Crippen LogP contribution in [-0.4, -0.2) is 52.2 Å². The maximum atomic E-state index is 13.0. The van der Waals surface area contributed by atoms with Crippen LogP contribution in [0.1, 0.15) is 19.3 Å². The third kappa shape index (κ3) is 3.15. The first-order valence-electron chi connectivity index (χ1n) is 7.85. The Bertz CT molecular complexity index is 662. The van der Waals surface area contributed by atoms with Crippen molar-refractivity contribution in [3.63, 3.8) is 0 Å². The summed E-state index contributed by atoms with van der Waals surface area (Å²) in [4.78, 5) is 0.171. The van der Waals surface area contributed by atoms with Crippen molar-refractivity contribution in [3.8, 4) is 0 Å². The molecule has 0 N–H and O–H groups in total. The van der Waals surface area contributed by atoms with E-state index in [1.807, 2.05) is 0 Å². The van der Waals surface area contributed by atoms with E-state index in [0.29, 0.717) is 26.1 Å². The number of hydrogen-bond donors (Lipinski definition) is 0. The topological polar surface area (TPSA) is 55.8 Å². The van der Waals surface area contributed by atoms with Crippen molar-refractivity contribution in [1.82, 2.24) is 4.31 Å². The van der Waals surface area contributed by atoms with Crippen LogP contribution in [0.25, 0.3) is 0 Å². The largest absolute Gasteiger partial charge is 0.384 e. The molecule has 2 fully saturated rings. The van der Waals surface area contributed by atoms with Crippen molar-refractivity contribution in [1.29, 1.82) is 0 Å². The molecule has 0 unspecified atom stereocenters. The minimum absolute atomic E-state index is 0.0638. The number of halogens is 1. The third-order valence-electron chi connectivity index (χ3n) is 4.84. The van der Waals surface area contributed by atoms with Gasteiger partial charge in [0.15, 0.2) is 0 Å². The molecule has 0 amide bonds. The Kier molecular flexibility index (Phi) is 4.99. The van der Waals surface area contributed by atoms with Crippen LogP contribution in [0.5, 0.6) is 0 Å². The zero-order chi connectivity index (χ0) is 16.5. The number of rotatable bonds is 4. The van der Waals surface area contributed by atoms with Crippen molar-refractivity contribution in [2.24, 2.45) is 5.41 Å². The van der Waals surface area contributed by atoms with Crippen molar-refractivity contribution in [3.05, 3.63) is 29.3 Å². The van der Waals surface area contributed by atoms with E-state index in [0.717, 1.165) is 19.4 Å². The van der Waals surface area contributed by atoms with Crippen molar-refractivity contribution in [2.75, 3.05) is 33.4 Å². The molecule has 1 aromatic carbocycles. The molecule has 1 aromatic rings. The minimum Gasteiger partial charge on any atom is -0.384 e. The molecule has 23 heavy (non-hydrogen) atoms. The van der Waals surface area contributed by atoms with Crippen LogP contribution in [0.2, 0.25) is 5.02 Å². The van der Waals surface area contributed by atoms with E-state index in [-0.39, 0.29) is 21.4 Å². The van der Waals surface area contributed by atoms with Gasteiger partial charge in [-0.3, -0.25) is 0 Å². The Labute approximate surface area is 142 Å². The standard InChI is InChI=1S/C16H22ClNO4S/c1-21-12-16-8-4-10-22-15(16)7-9-18(11-16)23(19,20)14-6-3-2-5-13(14)17/h2-3,5-6,15H,4,7-12H2,1H3/t15-,16+/m0/s1. The Balaban J connectivity index is 1.91. The van der Waals surface area contributed by atoms with Crippen LogP contribution in [0, 0.1) is 5.41 Å². The van der Waals surface area contributed by atoms with Gasteiger partial charge in [0, 0.05) is 32.2 Å². The second kappa shape index (κ2) is 6.69. The summed E-state index contributed by atoms with van der Waals surface area (Å²) in [6.45, 7) is 2.11. The van der Waals surface area contributed by atoms with E-state index in [1.165, 1.54) is 0 Å². The van der Waals surface area contributed by atoms with Gasteiger partial charge < -0.3 is 9.47 Å². The van der Waals surface area contributed by atoms with Crippen LogP contribution < -0.4 is 0 Å². The third-order valence-corrected chi connectivity index (χ3v) is 7.18. The van der Waals surface area contributed by atoms with Gasteiger partial charge in [-0.15, -0.1) is 0 Å². The molecule has 0 aromatic heterocycles. The highest BCUT2D eigenvalue weighted by molar-refractivity contribution is 7.89. The van der Waals surface area contributed by atoms with E-state index in [2.05, 4.69) is 0 Å². The van der Waals surface area contributed by atoms with Crippen molar-refractivity contribution in [2.45, 2.75) is 30.3 Å². The number of methoxy groups -OCH3 is 1. The molecule has 2 saturated heterocycles. The molecule has 0 saturated carbocycles. The summed E-state index contributed by atoms with van der Waals surface area (Å²) < 4.78 is 38.8. The van der Waals surface area contributed by atoms with E-state index in [4.69, 9.17) is 21.1 Å². The molecule has 0 aliphatic carbocycles. The van der Waals surface area contributed by atoms with Crippen molar-refractivity contribution >= 4 is 21.6 Å². The molecule has 5 nitrogen and oxygen atoms in total. The summed E-state index contributed by atoms with van der Waals surface area (Å²) in [7, 11) is -1.95. The Morgan fingerprint density at radius 1 is 1.43 bits per heavy atom. The first kappa shape index (κ1) is 17.2. The second-order valence-electron chi connectivity index (χ2n) is 6.32. The fraction of sp³-hybridized carbons (Fsp3) is 0.625. The summed E-state index contributed by atoms with van der Waals surface area (Å²) in [5.41, 5.74) is -0.264. The van der Waals surface area contributed by atoms with Crippen LogP contribution in [0.15, 0.2) is 29.2 Å². The summed E-state index contributed by atoms with van der Waals surface area (Å²) in [6, 6.07) is 6.59. The predicted molar refractivity (Wildman–Crippen MR) is 88.1 cm³/mol. The maximum Gasteiger partial charge on any atom is 0.244 e. The lowest BCUT2D eigenvalue weighted by Crippen LogP contribution is -2.57. The summed E-state index contributed by atoms with van der Waals surface area (Å²) in [5, 5.41) is 0.260. The van der Waals surface area contributed by atoms with Gasteiger partial charge in [-0.1, -0.05) is 23.7 Å². The van der Waals surface area contributed by atoms with E-state index >= 15 is 0 Å². The van der Waals surface area contributed by atoms with Crippen molar-refractivity contribution < 1.29 is 17.9 Å². The highest BCUT2D eigenvalue weighted by Crippen LogP contribution is 2.42. The zero-order valence-electron chi connectivity index (χ0n) is 13.2. The molecule has 2 atom stereocenters. The van der Waals surface area contributed by atoms with Gasteiger partial charge >= 0.3 is 0 Å². The number of nitrogens with zero attached hydrogens (tertiary/aromatic N) is 1. The van der Waals surface area contributed by atoms with Gasteiger partial charge in [-0.2, -0.15) is 4.31 Å². The molecule has 2 aliphatic rings. The smallest absolute Gasteiger partial charge is 0.244 e. The lowest BCUT2D eigenvalue weighted by molar-refractivity contribution is -0.137. The molecule has 7 heteroatoms. The van der Waals surface area contributed by atoms with Gasteiger partial charge in [0.2, 0.25) is 10.0 Å². The van der Waals surface area contributed by atoms with Gasteiger partial charge in [0.25, 0.3) is 0 Å². The highest BCUT2D eigenvalue weighted by Gasteiger charge is 2.48. The maximum absolute atomic E-state index is 13.0. The lowest BCUT2D eigenvalue weighted by Gasteiger charge is -2.49. The van der Waals surface area contributed by atoms with Crippen LogP contribution >= 0.6 is 11.6 Å². The predicted octanol–water partition coefficient (Wildman–Crippen LogP) is 2.55. The van der Waals surface area contributed by atoms with Gasteiger partial charge in [0.05, 0.1) is 17.7 Å². The lowest BCUT2D eigenvalue weighted by atomic mass is 9.73. The molecule has 2 heterocycles. The Morgan fingerprint density at radius 2 is 2.22 bits per heavy atom. The first-order chi connectivity index (χ1) is 11.0. The highest BCUT2D eigenvalue weighted by atomic mass is 35.5. The van der Waals surface area contributed by atoms with E-state index in [1.54, 1.807) is 35.7 Å². The van der Waals surface area contributed by atoms with Gasteiger partial charge in [-0.25, -0.2) is 8.42 Å². The quantitative estimate of drug-likeness (QED) is 0.829. The molecular weight excluding hydrogens is 338 g/mol. The summed E-state index contributed by atoms with van der Waals surface area (Å²) in [6.07, 6.45) is 2.60. The average Bonchev–Trinajstić information content (AvgIpc) is 2.54. The molecule has 0 bridgehead atoms. The van der Waals surface area contributed by atoms with E-state index < -0.39 is 10.0 Å². The molecule has 0 spiro atoms. The van der Waals surface area contributed by atoms with E-state index in [9.17, 15) is 8.42 Å². The zero-order valence-corrected chi connectivity index (χ0v) is 14.8. The molecule has 2 aliphatic heterocycles. The first-order valence-corrected chi connectivity index (χ1v) is 9.67. The summed E-state index contributed by atoms with van der Waals surface area (Å²) >= 11 is 6.11. The Hall–Kier alpha value is -0.660. The minimum atomic E-state index is -3.61. The molecular formula is C16H22ClNO4S. The number of piperidine rings is 1. The van der Waals surface area contributed by atoms with Gasteiger partial charge in [-0.05, 0) is 31.4 Å². The summed E-state index contributed by atoms with van der Waals surface area (Å²) in [5.74, 6) is 0. The van der Waals surface area contributed by atoms with Gasteiger partial charge in [0.1, 0.15) is 4.90 Å². The average molecular weight is 360 g/mol.